The summed E-state index contributed by atoms with van der Waals surface area (Å²) >= 11 is 0. The van der Waals surface area contributed by atoms with Crippen LogP contribution in [-0.2, 0) is 20.7 Å². The number of allylic oxidation sites excluding steroid dienone is 1. The number of hydrogen-bond acceptors (Lipinski definition) is 4. The third kappa shape index (κ3) is 3.32. The number of esters is 1. The summed E-state index contributed by atoms with van der Waals surface area (Å²) in [5.41, 5.74) is 1.88. The van der Waals surface area contributed by atoms with Crippen molar-refractivity contribution in [3.63, 3.8) is 0 Å². The minimum absolute atomic E-state index is 0.0573. The highest BCUT2D eigenvalue weighted by molar-refractivity contribution is 5.81. The minimum atomic E-state index is -0.414. The van der Waals surface area contributed by atoms with E-state index in [1.54, 1.807) is 0 Å². The Morgan fingerprint density at radius 1 is 1.32 bits per heavy atom. The molecule has 3 unspecified atom stereocenters. The van der Waals surface area contributed by atoms with Gasteiger partial charge < -0.3 is 14.2 Å². The second-order valence-corrected chi connectivity index (χ2v) is 7.71. The lowest BCUT2D eigenvalue weighted by Gasteiger charge is -2.25. The van der Waals surface area contributed by atoms with Gasteiger partial charge in [-0.05, 0) is 56.2 Å². The van der Waals surface area contributed by atoms with Crippen LogP contribution in [0.3, 0.4) is 0 Å². The van der Waals surface area contributed by atoms with Gasteiger partial charge in [0, 0.05) is 12.5 Å². The summed E-state index contributed by atoms with van der Waals surface area (Å²) in [6, 6.07) is 8.11. The van der Waals surface area contributed by atoms with Gasteiger partial charge in [-0.15, -0.1) is 0 Å². The number of carbonyl (C=O) groups is 1. The molecule has 1 aromatic carbocycles. The standard InChI is InChI=1S/C21H26O4/c1-15-9-17-13-25-20(22)21(17,11-15)12-16-5-4-7-18(10-16)24-14-19-6-2-3-8-23-19/h4-5,7,10,17,19H,1-3,6,8-9,11-14H2. The van der Waals surface area contributed by atoms with Crippen LogP contribution in [0.2, 0.25) is 0 Å². The molecule has 4 heteroatoms. The Morgan fingerprint density at radius 2 is 2.24 bits per heavy atom. The van der Waals surface area contributed by atoms with Crippen LogP contribution in [0, 0.1) is 11.3 Å². The van der Waals surface area contributed by atoms with Crippen molar-refractivity contribution < 1.29 is 19.0 Å². The molecule has 0 radical (unpaired) electrons. The van der Waals surface area contributed by atoms with E-state index in [0.29, 0.717) is 19.6 Å². The van der Waals surface area contributed by atoms with Crippen molar-refractivity contribution in [1.82, 2.24) is 0 Å². The van der Waals surface area contributed by atoms with Gasteiger partial charge in [-0.2, -0.15) is 0 Å². The summed E-state index contributed by atoms with van der Waals surface area (Å²) in [5.74, 6) is 1.06. The second-order valence-electron chi connectivity index (χ2n) is 7.71. The van der Waals surface area contributed by atoms with E-state index < -0.39 is 5.41 Å². The van der Waals surface area contributed by atoms with Crippen LogP contribution in [0.1, 0.15) is 37.7 Å². The average molecular weight is 342 g/mol. The van der Waals surface area contributed by atoms with Crippen molar-refractivity contribution in [3.05, 3.63) is 42.0 Å². The predicted octanol–water partition coefficient (Wildman–Crippen LogP) is 3.69. The van der Waals surface area contributed by atoms with E-state index >= 15 is 0 Å². The van der Waals surface area contributed by atoms with Crippen LogP contribution in [0.15, 0.2) is 36.4 Å². The van der Waals surface area contributed by atoms with E-state index in [4.69, 9.17) is 14.2 Å². The zero-order chi connectivity index (χ0) is 17.3. The molecule has 2 saturated heterocycles. The SMILES string of the molecule is C=C1CC2COC(=O)C2(Cc2cccc(OCC3CCCCO3)c2)C1. The van der Waals surface area contributed by atoms with Crippen molar-refractivity contribution >= 4 is 5.97 Å². The largest absolute Gasteiger partial charge is 0.491 e. The number of benzene rings is 1. The molecule has 1 aliphatic carbocycles. The quantitative estimate of drug-likeness (QED) is 0.605. The van der Waals surface area contributed by atoms with Gasteiger partial charge in [-0.1, -0.05) is 24.3 Å². The Morgan fingerprint density at radius 3 is 3.08 bits per heavy atom. The monoisotopic (exact) mass is 342 g/mol. The topological polar surface area (TPSA) is 44.8 Å². The molecule has 4 nitrogen and oxygen atoms in total. The van der Waals surface area contributed by atoms with Gasteiger partial charge in [-0.25, -0.2) is 0 Å². The number of ether oxygens (including phenoxy) is 3. The molecule has 2 heterocycles. The van der Waals surface area contributed by atoms with Crippen LogP contribution < -0.4 is 4.74 Å². The molecule has 1 aromatic rings. The summed E-state index contributed by atoms with van der Waals surface area (Å²) in [4.78, 5) is 12.4. The number of rotatable bonds is 5. The van der Waals surface area contributed by atoms with E-state index in [9.17, 15) is 4.79 Å². The van der Waals surface area contributed by atoms with Crippen LogP contribution in [0.4, 0.5) is 0 Å². The number of cyclic esters (lactones) is 1. The smallest absolute Gasteiger partial charge is 0.313 e. The first-order chi connectivity index (χ1) is 12.2. The lowest BCUT2D eigenvalue weighted by atomic mass is 9.75. The Kier molecular flexibility index (Phi) is 4.55. The lowest BCUT2D eigenvalue weighted by Crippen LogP contribution is -2.31. The molecule has 134 valence electrons. The summed E-state index contributed by atoms with van der Waals surface area (Å²) in [7, 11) is 0. The first-order valence-corrected chi connectivity index (χ1v) is 9.33. The molecule has 3 fully saturated rings. The fraction of sp³-hybridized carbons (Fsp3) is 0.571. The molecular formula is C21H26O4. The fourth-order valence-electron chi connectivity index (χ4n) is 4.50. The Balaban J connectivity index is 1.44. The van der Waals surface area contributed by atoms with Gasteiger partial charge in [0.2, 0.25) is 0 Å². The molecular weight excluding hydrogens is 316 g/mol. The first kappa shape index (κ1) is 16.6. The Bertz CT molecular complexity index is 662. The maximum Gasteiger partial charge on any atom is 0.313 e. The maximum atomic E-state index is 12.4. The molecule has 25 heavy (non-hydrogen) atoms. The summed E-state index contributed by atoms with van der Waals surface area (Å²) in [6.45, 7) is 6.08. The zero-order valence-electron chi connectivity index (χ0n) is 14.7. The molecule has 1 saturated carbocycles. The van der Waals surface area contributed by atoms with Gasteiger partial charge >= 0.3 is 5.97 Å². The highest BCUT2D eigenvalue weighted by Gasteiger charge is 2.55. The van der Waals surface area contributed by atoms with E-state index in [2.05, 4.69) is 18.7 Å². The predicted molar refractivity (Wildman–Crippen MR) is 94.5 cm³/mol. The maximum absolute atomic E-state index is 12.4. The molecule has 3 atom stereocenters. The summed E-state index contributed by atoms with van der Waals surface area (Å²) in [6.07, 6.45) is 5.98. The van der Waals surface area contributed by atoms with Gasteiger partial charge in [-0.3, -0.25) is 4.79 Å². The Labute approximate surface area is 149 Å². The van der Waals surface area contributed by atoms with Gasteiger partial charge in [0.15, 0.2) is 0 Å². The molecule has 0 spiro atoms. The van der Waals surface area contributed by atoms with Crippen molar-refractivity contribution in [3.8, 4) is 5.75 Å². The summed E-state index contributed by atoms with van der Waals surface area (Å²) < 4.78 is 17.0. The fourth-order valence-corrected chi connectivity index (χ4v) is 4.50. The zero-order valence-corrected chi connectivity index (χ0v) is 14.7. The van der Waals surface area contributed by atoms with E-state index in [1.165, 1.54) is 12.0 Å². The molecule has 4 rings (SSSR count). The molecule has 0 bridgehead atoms. The average Bonchev–Trinajstić information content (AvgIpc) is 3.09. The molecule has 0 N–H and O–H groups in total. The van der Waals surface area contributed by atoms with Crippen LogP contribution in [0.5, 0.6) is 5.75 Å². The number of fused-ring (bicyclic) bond motifs is 1. The Hall–Kier alpha value is -1.81. The molecule has 0 amide bonds. The van der Waals surface area contributed by atoms with Gasteiger partial charge in [0.25, 0.3) is 0 Å². The lowest BCUT2D eigenvalue weighted by molar-refractivity contribution is -0.146. The first-order valence-electron chi connectivity index (χ1n) is 9.33. The molecule has 3 aliphatic rings. The highest BCUT2D eigenvalue weighted by atomic mass is 16.5. The van der Waals surface area contributed by atoms with Crippen LogP contribution >= 0.6 is 0 Å². The number of carbonyl (C=O) groups excluding carboxylic acids is 1. The summed E-state index contributed by atoms with van der Waals surface area (Å²) in [5, 5.41) is 0. The van der Waals surface area contributed by atoms with E-state index in [0.717, 1.165) is 43.6 Å². The third-order valence-electron chi connectivity index (χ3n) is 5.83. The van der Waals surface area contributed by atoms with Gasteiger partial charge in [0.05, 0.1) is 18.1 Å². The van der Waals surface area contributed by atoms with Crippen molar-refractivity contribution in [2.75, 3.05) is 19.8 Å². The van der Waals surface area contributed by atoms with Crippen molar-refractivity contribution in [1.29, 1.82) is 0 Å². The van der Waals surface area contributed by atoms with E-state index in [-0.39, 0.29) is 18.0 Å². The third-order valence-corrected chi connectivity index (χ3v) is 5.83. The minimum Gasteiger partial charge on any atom is -0.491 e. The van der Waals surface area contributed by atoms with Crippen LogP contribution in [-0.4, -0.2) is 31.9 Å². The molecule has 2 aliphatic heterocycles. The second kappa shape index (κ2) is 6.83. The van der Waals surface area contributed by atoms with Crippen molar-refractivity contribution in [2.24, 2.45) is 11.3 Å². The van der Waals surface area contributed by atoms with E-state index in [1.807, 2.05) is 12.1 Å². The number of hydrogen-bond donors (Lipinski definition) is 0. The molecule has 0 aromatic heterocycles. The normalized spacial score (nSPS) is 31.7. The highest BCUT2D eigenvalue weighted by Crippen LogP contribution is 2.52. The van der Waals surface area contributed by atoms with Gasteiger partial charge in [0.1, 0.15) is 12.4 Å². The van der Waals surface area contributed by atoms with Crippen molar-refractivity contribution in [2.45, 2.75) is 44.6 Å². The van der Waals surface area contributed by atoms with Crippen LogP contribution in [0.25, 0.3) is 0 Å².